The molecular weight excluding hydrogens is 418 g/mol. The van der Waals surface area contributed by atoms with Gasteiger partial charge in [-0.15, -0.1) is 11.8 Å². The van der Waals surface area contributed by atoms with Crippen LogP contribution in [0.25, 0.3) is 0 Å². The van der Waals surface area contributed by atoms with Gasteiger partial charge in [-0.2, -0.15) is 0 Å². The molecule has 3 atom stereocenters. The average Bonchev–Trinajstić information content (AvgIpc) is 2.77. The lowest BCUT2D eigenvalue weighted by Gasteiger charge is -2.42. The van der Waals surface area contributed by atoms with Crippen LogP contribution in [-0.2, 0) is 14.3 Å². The first-order chi connectivity index (χ1) is 15.0. The molecule has 1 N–H and O–H groups in total. The molecule has 1 aliphatic carbocycles. The van der Waals surface area contributed by atoms with Crippen molar-refractivity contribution in [3.63, 3.8) is 0 Å². The van der Waals surface area contributed by atoms with E-state index in [1.807, 2.05) is 30.5 Å². The highest BCUT2D eigenvalue weighted by atomic mass is 32.2. The second-order valence-corrected chi connectivity index (χ2v) is 7.99. The van der Waals surface area contributed by atoms with Crippen LogP contribution in [0.3, 0.4) is 0 Å². The zero-order chi connectivity index (χ0) is 22.5. The SMILES string of the molecule is COC(=O)[C@H]1C[C@H](C(=O)Nc2ccccc2SC)[C@H]1c1cc(OC)c(OC)c(OC)c1. The predicted molar refractivity (Wildman–Crippen MR) is 119 cm³/mol. The van der Waals surface area contributed by atoms with Gasteiger partial charge in [0, 0.05) is 16.7 Å². The van der Waals surface area contributed by atoms with E-state index in [1.165, 1.54) is 28.4 Å². The number of anilines is 1. The molecule has 0 aromatic heterocycles. The van der Waals surface area contributed by atoms with Crippen molar-refractivity contribution in [3.05, 3.63) is 42.0 Å². The van der Waals surface area contributed by atoms with Gasteiger partial charge >= 0.3 is 5.97 Å². The van der Waals surface area contributed by atoms with Gasteiger partial charge < -0.3 is 24.3 Å². The number of hydrogen-bond acceptors (Lipinski definition) is 7. The van der Waals surface area contributed by atoms with Gasteiger partial charge in [0.1, 0.15) is 0 Å². The number of hydrogen-bond donors (Lipinski definition) is 1. The third kappa shape index (κ3) is 4.44. The number of carbonyl (C=O) groups excluding carboxylic acids is 2. The molecule has 1 saturated carbocycles. The third-order valence-electron chi connectivity index (χ3n) is 5.65. The van der Waals surface area contributed by atoms with Crippen LogP contribution in [0.1, 0.15) is 17.9 Å². The van der Waals surface area contributed by atoms with Crippen molar-refractivity contribution in [2.45, 2.75) is 17.2 Å². The van der Waals surface area contributed by atoms with E-state index in [2.05, 4.69) is 5.32 Å². The highest BCUT2D eigenvalue weighted by molar-refractivity contribution is 7.98. The lowest BCUT2D eigenvalue weighted by Crippen LogP contribution is -2.46. The summed E-state index contributed by atoms with van der Waals surface area (Å²) in [7, 11) is 5.95. The summed E-state index contributed by atoms with van der Waals surface area (Å²) in [5, 5.41) is 3.02. The summed E-state index contributed by atoms with van der Waals surface area (Å²) in [4.78, 5) is 26.5. The fourth-order valence-corrected chi connectivity index (χ4v) is 4.60. The molecule has 1 amide bonds. The molecule has 1 aliphatic rings. The molecule has 0 aliphatic heterocycles. The molecule has 0 unspecified atom stereocenters. The summed E-state index contributed by atoms with van der Waals surface area (Å²) in [5.41, 5.74) is 1.51. The summed E-state index contributed by atoms with van der Waals surface area (Å²) in [6.07, 6.45) is 2.36. The van der Waals surface area contributed by atoms with Crippen LogP contribution in [-0.4, -0.2) is 46.6 Å². The zero-order valence-electron chi connectivity index (χ0n) is 18.3. The number of esters is 1. The Morgan fingerprint density at radius 1 is 0.968 bits per heavy atom. The summed E-state index contributed by atoms with van der Waals surface area (Å²) >= 11 is 1.56. The van der Waals surface area contributed by atoms with Crippen molar-refractivity contribution in [3.8, 4) is 17.2 Å². The lowest BCUT2D eigenvalue weighted by molar-refractivity contribution is -0.153. The van der Waals surface area contributed by atoms with Crippen LogP contribution >= 0.6 is 11.8 Å². The Kier molecular flexibility index (Phi) is 7.33. The number of rotatable bonds is 8. The summed E-state index contributed by atoms with van der Waals surface area (Å²) < 4.78 is 21.3. The standard InChI is InChI=1S/C23H27NO6S/c1-27-17-10-13(11-18(28-2)21(17)29-3)20-14(12-15(20)23(26)30-4)22(25)24-16-8-6-7-9-19(16)31-5/h6-11,14-15,20H,12H2,1-5H3,(H,24,25)/t14-,15-,20+/m0/s1. The molecule has 3 rings (SSSR count). The molecule has 1 fully saturated rings. The minimum atomic E-state index is -0.431. The second kappa shape index (κ2) is 9.96. The lowest BCUT2D eigenvalue weighted by atomic mass is 9.61. The molecule has 166 valence electrons. The molecule has 31 heavy (non-hydrogen) atoms. The molecule has 0 spiro atoms. The third-order valence-corrected chi connectivity index (χ3v) is 6.45. The fraction of sp³-hybridized carbons (Fsp3) is 0.391. The van der Waals surface area contributed by atoms with Gasteiger partial charge in [0.05, 0.1) is 40.0 Å². The van der Waals surface area contributed by atoms with E-state index in [4.69, 9.17) is 18.9 Å². The number of nitrogens with one attached hydrogen (secondary N) is 1. The Bertz CT molecular complexity index is 938. The van der Waals surface area contributed by atoms with Crippen molar-refractivity contribution in [1.29, 1.82) is 0 Å². The number of benzene rings is 2. The number of para-hydroxylation sites is 1. The maximum Gasteiger partial charge on any atom is 0.309 e. The summed E-state index contributed by atoms with van der Waals surface area (Å²) in [5.74, 6) is -0.285. The maximum atomic E-state index is 13.2. The molecular formula is C23H27NO6S. The molecule has 0 radical (unpaired) electrons. The van der Waals surface area contributed by atoms with E-state index >= 15 is 0 Å². The van der Waals surface area contributed by atoms with Gasteiger partial charge in [0.25, 0.3) is 0 Å². The zero-order valence-corrected chi connectivity index (χ0v) is 19.1. The molecule has 7 nitrogen and oxygen atoms in total. The molecule has 2 aromatic rings. The number of methoxy groups -OCH3 is 4. The second-order valence-electron chi connectivity index (χ2n) is 7.15. The van der Waals surface area contributed by atoms with Crippen molar-refractivity contribution in [2.24, 2.45) is 11.8 Å². The maximum absolute atomic E-state index is 13.2. The first kappa shape index (κ1) is 22.8. The Morgan fingerprint density at radius 2 is 1.61 bits per heavy atom. The minimum absolute atomic E-state index is 0.139. The van der Waals surface area contributed by atoms with Gasteiger partial charge in [0.15, 0.2) is 11.5 Å². The molecule has 8 heteroatoms. The largest absolute Gasteiger partial charge is 0.493 e. The van der Waals surface area contributed by atoms with Gasteiger partial charge in [-0.05, 0) is 42.5 Å². The number of thioether (sulfide) groups is 1. The monoisotopic (exact) mass is 445 g/mol. The Labute approximate surface area is 186 Å². The highest BCUT2D eigenvalue weighted by Gasteiger charge is 2.50. The van der Waals surface area contributed by atoms with E-state index in [1.54, 1.807) is 23.9 Å². The van der Waals surface area contributed by atoms with Gasteiger partial charge in [0.2, 0.25) is 11.7 Å². The van der Waals surface area contributed by atoms with Crippen LogP contribution in [0.4, 0.5) is 5.69 Å². The smallest absolute Gasteiger partial charge is 0.309 e. The number of ether oxygens (including phenoxy) is 4. The number of carbonyl (C=O) groups is 2. The van der Waals surface area contributed by atoms with Crippen LogP contribution < -0.4 is 19.5 Å². The topological polar surface area (TPSA) is 83.1 Å². The molecule has 0 bridgehead atoms. The van der Waals surface area contributed by atoms with Crippen LogP contribution in [0.5, 0.6) is 17.2 Å². The van der Waals surface area contributed by atoms with Crippen molar-refractivity contribution in [1.82, 2.24) is 0 Å². The van der Waals surface area contributed by atoms with Crippen LogP contribution in [0.15, 0.2) is 41.3 Å². The first-order valence-corrected chi connectivity index (χ1v) is 11.0. The van der Waals surface area contributed by atoms with E-state index < -0.39 is 11.8 Å². The van der Waals surface area contributed by atoms with Crippen molar-refractivity contribution in [2.75, 3.05) is 40.0 Å². The minimum Gasteiger partial charge on any atom is -0.493 e. The van der Waals surface area contributed by atoms with E-state index in [9.17, 15) is 9.59 Å². The van der Waals surface area contributed by atoms with Crippen molar-refractivity contribution < 1.29 is 28.5 Å². The van der Waals surface area contributed by atoms with Gasteiger partial charge in [-0.3, -0.25) is 9.59 Å². The predicted octanol–water partition coefficient (Wildman–Crippen LogP) is 3.97. The van der Waals surface area contributed by atoms with Crippen molar-refractivity contribution >= 4 is 29.3 Å². The van der Waals surface area contributed by atoms with E-state index in [-0.39, 0.29) is 17.8 Å². The molecule has 2 aromatic carbocycles. The van der Waals surface area contributed by atoms with E-state index in [0.717, 1.165) is 16.1 Å². The average molecular weight is 446 g/mol. The number of amides is 1. The van der Waals surface area contributed by atoms with E-state index in [0.29, 0.717) is 23.7 Å². The summed E-state index contributed by atoms with van der Waals surface area (Å²) in [6.45, 7) is 0. The quantitative estimate of drug-likeness (QED) is 0.486. The van der Waals surface area contributed by atoms with Gasteiger partial charge in [-0.1, -0.05) is 12.1 Å². The molecule has 0 saturated heterocycles. The normalized spacial score (nSPS) is 19.7. The van der Waals surface area contributed by atoms with Crippen LogP contribution in [0.2, 0.25) is 0 Å². The fourth-order valence-electron chi connectivity index (χ4n) is 4.05. The van der Waals surface area contributed by atoms with Gasteiger partial charge in [-0.25, -0.2) is 0 Å². The van der Waals surface area contributed by atoms with Crippen LogP contribution in [0, 0.1) is 11.8 Å². The Balaban J connectivity index is 1.96. The molecule has 0 heterocycles. The Morgan fingerprint density at radius 3 is 2.16 bits per heavy atom. The Hall–Kier alpha value is -2.87. The highest BCUT2D eigenvalue weighted by Crippen LogP contribution is 2.52. The summed E-state index contributed by atoms with van der Waals surface area (Å²) in [6, 6.07) is 11.2. The first-order valence-electron chi connectivity index (χ1n) is 9.80.